The van der Waals surface area contributed by atoms with Gasteiger partial charge in [-0.05, 0) is 80.9 Å². The van der Waals surface area contributed by atoms with Crippen LogP contribution in [0.15, 0.2) is 48.5 Å². The fourth-order valence-electron chi connectivity index (χ4n) is 7.90. The Morgan fingerprint density at radius 1 is 0.978 bits per heavy atom. The van der Waals surface area contributed by atoms with Crippen molar-refractivity contribution >= 4 is 23.4 Å². The average molecular weight is 636 g/mol. The van der Waals surface area contributed by atoms with Gasteiger partial charge in [-0.1, -0.05) is 81.1 Å². The lowest BCUT2D eigenvalue weighted by Gasteiger charge is -2.45. The van der Waals surface area contributed by atoms with Crippen LogP contribution < -0.4 is 10.6 Å². The van der Waals surface area contributed by atoms with E-state index in [4.69, 9.17) is 11.6 Å². The lowest BCUT2D eigenvalue weighted by Crippen LogP contribution is -2.61. The van der Waals surface area contributed by atoms with Crippen LogP contribution >= 0.6 is 11.6 Å². The van der Waals surface area contributed by atoms with E-state index in [9.17, 15) is 9.59 Å². The molecule has 0 spiro atoms. The van der Waals surface area contributed by atoms with Crippen LogP contribution in [0.1, 0.15) is 76.5 Å². The molecule has 2 fully saturated rings. The second-order valence-corrected chi connectivity index (χ2v) is 14.3. The number of halogens is 1. The molecule has 3 aliphatic rings. The van der Waals surface area contributed by atoms with E-state index in [0.29, 0.717) is 37.0 Å². The van der Waals surface area contributed by atoms with Gasteiger partial charge < -0.3 is 15.1 Å². The molecular weight excluding hydrogens is 582 g/mol. The lowest BCUT2D eigenvalue weighted by molar-refractivity contribution is -0.139. The van der Waals surface area contributed by atoms with E-state index in [2.05, 4.69) is 60.3 Å². The van der Waals surface area contributed by atoms with Gasteiger partial charge in [-0.2, -0.15) is 0 Å². The predicted octanol–water partition coefficient (Wildman–Crippen LogP) is 5.25. The molecule has 0 aromatic heterocycles. The third kappa shape index (κ3) is 8.48. The first-order valence-corrected chi connectivity index (χ1v) is 17.7. The number of benzene rings is 2. The first-order chi connectivity index (χ1) is 21.7. The summed E-state index contributed by atoms with van der Waals surface area (Å²) in [5, 5.41) is 7.41. The van der Waals surface area contributed by atoms with E-state index in [0.717, 1.165) is 44.2 Å². The number of fused-ring (bicyclic) bond motifs is 1. The molecule has 3 unspecified atom stereocenters. The first kappa shape index (κ1) is 33.9. The minimum absolute atomic E-state index is 0.00591. The Labute approximate surface area is 276 Å². The molecule has 2 heterocycles. The van der Waals surface area contributed by atoms with Gasteiger partial charge in [0.25, 0.3) is 0 Å². The summed E-state index contributed by atoms with van der Waals surface area (Å²) in [6, 6.07) is 15.4. The molecule has 3 atom stereocenters. The molecule has 7 nitrogen and oxygen atoms in total. The van der Waals surface area contributed by atoms with Crippen LogP contribution in [-0.2, 0) is 28.0 Å². The number of likely N-dealkylation sites (N-methyl/N-ethyl adjacent to an activating group) is 1. The fourth-order valence-corrected chi connectivity index (χ4v) is 8.03. The quantitative estimate of drug-likeness (QED) is 0.353. The highest BCUT2D eigenvalue weighted by Crippen LogP contribution is 2.31. The number of carbonyl (C=O) groups excluding carboxylic acids is 2. The molecule has 2 amide bonds. The second-order valence-electron chi connectivity index (χ2n) is 13.9. The predicted molar refractivity (Wildman–Crippen MR) is 183 cm³/mol. The summed E-state index contributed by atoms with van der Waals surface area (Å²) in [5.74, 6) is 0.613. The Kier molecular flexibility index (Phi) is 11.6. The van der Waals surface area contributed by atoms with E-state index in [1.807, 2.05) is 41.3 Å². The van der Waals surface area contributed by atoms with E-state index in [-0.39, 0.29) is 17.4 Å². The summed E-state index contributed by atoms with van der Waals surface area (Å²) in [4.78, 5) is 35.2. The minimum Gasteiger partial charge on any atom is -0.343 e. The van der Waals surface area contributed by atoms with Crippen LogP contribution in [0.25, 0.3) is 0 Å². The summed E-state index contributed by atoms with van der Waals surface area (Å²) in [6.07, 6.45) is 7.69. The molecule has 2 aliphatic heterocycles. The topological polar surface area (TPSA) is 67.9 Å². The number of amides is 2. The number of hydrogen-bond acceptors (Lipinski definition) is 5. The Bertz CT molecular complexity index is 1270. The van der Waals surface area contributed by atoms with E-state index >= 15 is 0 Å². The summed E-state index contributed by atoms with van der Waals surface area (Å²) < 4.78 is 0. The average Bonchev–Trinajstić information content (AvgIpc) is 3.06. The van der Waals surface area contributed by atoms with Crippen molar-refractivity contribution in [2.75, 3.05) is 45.8 Å². The molecule has 5 rings (SSSR count). The normalized spacial score (nSPS) is 22.1. The molecule has 1 aliphatic carbocycles. The molecule has 0 radical (unpaired) electrons. The molecule has 0 bridgehead atoms. The Hall–Kier alpha value is -2.45. The van der Waals surface area contributed by atoms with Crippen LogP contribution in [0.2, 0.25) is 5.02 Å². The molecular formula is C37H54ClN5O2. The van der Waals surface area contributed by atoms with Crippen molar-refractivity contribution in [3.05, 3.63) is 70.2 Å². The Morgan fingerprint density at radius 2 is 1.64 bits per heavy atom. The van der Waals surface area contributed by atoms with E-state index in [1.54, 1.807) is 0 Å². The minimum atomic E-state index is -0.642. The fraction of sp³-hybridized carbons (Fsp3) is 0.622. The van der Waals surface area contributed by atoms with Crippen LogP contribution in [0.4, 0.5) is 0 Å². The van der Waals surface area contributed by atoms with Gasteiger partial charge in [-0.3, -0.25) is 19.8 Å². The highest BCUT2D eigenvalue weighted by Gasteiger charge is 2.38. The van der Waals surface area contributed by atoms with Crippen LogP contribution in [-0.4, -0.2) is 90.5 Å². The molecule has 45 heavy (non-hydrogen) atoms. The van der Waals surface area contributed by atoms with Crippen molar-refractivity contribution in [3.8, 4) is 0 Å². The number of nitrogens with zero attached hydrogens (tertiary/aromatic N) is 3. The third-order valence-corrected chi connectivity index (χ3v) is 10.8. The third-order valence-electron chi connectivity index (χ3n) is 10.6. The summed E-state index contributed by atoms with van der Waals surface area (Å²) in [5.41, 5.74) is 3.03. The highest BCUT2D eigenvalue weighted by molar-refractivity contribution is 6.30. The van der Waals surface area contributed by atoms with Crippen LogP contribution in [0.5, 0.6) is 0 Å². The number of hydrogen-bond donors (Lipinski definition) is 2. The van der Waals surface area contributed by atoms with E-state index in [1.165, 1.54) is 43.2 Å². The van der Waals surface area contributed by atoms with Gasteiger partial charge in [0.05, 0.1) is 6.04 Å². The van der Waals surface area contributed by atoms with Crippen molar-refractivity contribution in [2.45, 2.75) is 96.3 Å². The van der Waals surface area contributed by atoms with Gasteiger partial charge >= 0.3 is 0 Å². The number of rotatable bonds is 11. The largest absolute Gasteiger partial charge is 0.343 e. The van der Waals surface area contributed by atoms with Crippen LogP contribution in [0.3, 0.4) is 0 Å². The molecule has 2 aromatic rings. The second kappa shape index (κ2) is 15.4. The van der Waals surface area contributed by atoms with Crippen molar-refractivity contribution < 1.29 is 9.59 Å². The lowest BCUT2D eigenvalue weighted by atomic mass is 9.82. The van der Waals surface area contributed by atoms with Gasteiger partial charge in [0.15, 0.2) is 0 Å². The first-order valence-electron chi connectivity index (χ1n) is 17.3. The smallest absolute Gasteiger partial charge is 0.245 e. The van der Waals surface area contributed by atoms with Crippen LogP contribution in [0, 0.1) is 5.92 Å². The van der Waals surface area contributed by atoms with Gasteiger partial charge in [0, 0.05) is 55.7 Å². The standard InChI is InChI=1S/C37H54ClN5O2/c1-5-41(6-2)26-34(28-12-8-7-9-13-28)42-20-22-43(23-21-42)36(45)33(24-27-16-18-30(38)19-17-27)39-35(44)32-25-29-14-10-11-15-31(29)37(3,4)40-32/h10-11,14-19,28,32-34,40H,5-9,12-13,20-26H2,1-4H3,(H,39,44). The Morgan fingerprint density at radius 3 is 2.31 bits per heavy atom. The number of carbonyl (C=O) groups is 2. The van der Waals surface area contributed by atoms with Gasteiger partial charge in [-0.25, -0.2) is 0 Å². The summed E-state index contributed by atoms with van der Waals surface area (Å²) >= 11 is 6.17. The van der Waals surface area contributed by atoms with Crippen molar-refractivity contribution in [1.29, 1.82) is 0 Å². The van der Waals surface area contributed by atoms with Crippen molar-refractivity contribution in [3.63, 3.8) is 0 Å². The summed E-state index contributed by atoms with van der Waals surface area (Å²) in [7, 11) is 0. The van der Waals surface area contributed by atoms with Crippen molar-refractivity contribution in [1.82, 2.24) is 25.3 Å². The SMILES string of the molecule is CCN(CC)CC(C1CCCCC1)N1CCN(C(=O)C(Cc2ccc(Cl)cc2)NC(=O)C2Cc3ccccc3C(C)(C)N2)CC1. The van der Waals surface area contributed by atoms with E-state index < -0.39 is 12.1 Å². The zero-order valence-electron chi connectivity index (χ0n) is 27.9. The molecule has 1 saturated carbocycles. The van der Waals surface area contributed by atoms with Gasteiger partial charge in [-0.15, -0.1) is 0 Å². The van der Waals surface area contributed by atoms with Gasteiger partial charge in [0.1, 0.15) is 6.04 Å². The maximum Gasteiger partial charge on any atom is 0.245 e. The number of nitrogens with one attached hydrogen (secondary N) is 2. The molecule has 2 aromatic carbocycles. The monoisotopic (exact) mass is 635 g/mol. The molecule has 2 N–H and O–H groups in total. The molecule has 1 saturated heterocycles. The Balaban J connectivity index is 1.28. The highest BCUT2D eigenvalue weighted by atomic mass is 35.5. The summed E-state index contributed by atoms with van der Waals surface area (Å²) in [6.45, 7) is 15.1. The maximum absolute atomic E-state index is 14.2. The maximum atomic E-state index is 14.2. The molecule has 8 heteroatoms. The number of piperazine rings is 1. The molecule has 246 valence electrons. The zero-order chi connectivity index (χ0) is 32.0. The van der Waals surface area contributed by atoms with Gasteiger partial charge in [0.2, 0.25) is 11.8 Å². The zero-order valence-corrected chi connectivity index (χ0v) is 28.6. The van der Waals surface area contributed by atoms with Crippen molar-refractivity contribution in [2.24, 2.45) is 5.92 Å².